The van der Waals surface area contributed by atoms with E-state index in [9.17, 15) is 4.79 Å². The van der Waals surface area contributed by atoms with Crippen LogP contribution in [0.15, 0.2) is 30.3 Å². The molecule has 1 N–H and O–H groups in total. The van der Waals surface area contributed by atoms with Crippen molar-refractivity contribution in [3.8, 4) is 0 Å². The van der Waals surface area contributed by atoms with E-state index in [2.05, 4.69) is 5.32 Å². The van der Waals surface area contributed by atoms with E-state index in [1.807, 2.05) is 37.4 Å². The predicted molar refractivity (Wildman–Crippen MR) is 64.3 cm³/mol. The molecule has 3 rings (SSSR count). The fourth-order valence-corrected chi connectivity index (χ4v) is 2.81. The molecule has 1 unspecified atom stereocenters. The lowest BCUT2D eigenvalue weighted by Crippen LogP contribution is -2.40. The van der Waals surface area contributed by atoms with Crippen molar-refractivity contribution >= 4 is 5.97 Å². The lowest BCUT2D eigenvalue weighted by atomic mass is 10.2. The summed E-state index contributed by atoms with van der Waals surface area (Å²) in [5.74, 6) is -0.0821. The number of ether oxygens (including phenoxy) is 1. The minimum Gasteiger partial charge on any atom is -0.459 e. The van der Waals surface area contributed by atoms with E-state index >= 15 is 0 Å². The van der Waals surface area contributed by atoms with E-state index in [0.29, 0.717) is 6.61 Å². The Bertz CT molecular complexity index is 439. The van der Waals surface area contributed by atoms with Gasteiger partial charge in [0.05, 0.1) is 0 Å². The molecule has 1 aromatic carbocycles. The molecule has 0 bridgehead atoms. The number of hydrogen-bond acceptors (Lipinski definition) is 3. The monoisotopic (exact) mass is 231 g/mol. The molecule has 3 nitrogen and oxygen atoms in total. The average Bonchev–Trinajstić information content (AvgIpc) is 3.28. The highest BCUT2D eigenvalue weighted by Gasteiger charge is 2.78. The van der Waals surface area contributed by atoms with Crippen LogP contribution in [-0.4, -0.2) is 18.6 Å². The van der Waals surface area contributed by atoms with Gasteiger partial charge in [0, 0.05) is 5.41 Å². The van der Waals surface area contributed by atoms with Crippen LogP contribution in [-0.2, 0) is 16.1 Å². The third-order valence-electron chi connectivity index (χ3n) is 4.23. The van der Waals surface area contributed by atoms with Crippen LogP contribution in [0.2, 0.25) is 0 Å². The molecule has 2 fully saturated rings. The van der Waals surface area contributed by atoms with E-state index in [1.54, 1.807) is 0 Å². The van der Waals surface area contributed by atoms with E-state index < -0.39 is 0 Å². The highest BCUT2D eigenvalue weighted by Crippen LogP contribution is 2.73. The number of rotatable bonds is 4. The van der Waals surface area contributed by atoms with Crippen molar-refractivity contribution in [2.75, 3.05) is 7.05 Å². The molecule has 0 radical (unpaired) electrons. The maximum absolute atomic E-state index is 12.1. The SMILES string of the molecule is CNC1(C(=O)OCc2ccccc2)CC12CC2. The molecule has 90 valence electrons. The van der Waals surface area contributed by atoms with Crippen LogP contribution in [0, 0.1) is 5.41 Å². The van der Waals surface area contributed by atoms with E-state index in [0.717, 1.165) is 24.8 Å². The van der Waals surface area contributed by atoms with Gasteiger partial charge < -0.3 is 10.1 Å². The molecule has 0 aliphatic heterocycles. The Morgan fingerprint density at radius 3 is 2.59 bits per heavy atom. The average molecular weight is 231 g/mol. The molecular weight excluding hydrogens is 214 g/mol. The van der Waals surface area contributed by atoms with Crippen molar-refractivity contribution in [3.63, 3.8) is 0 Å². The summed E-state index contributed by atoms with van der Waals surface area (Å²) < 4.78 is 5.42. The first kappa shape index (κ1) is 10.8. The van der Waals surface area contributed by atoms with Crippen molar-refractivity contribution < 1.29 is 9.53 Å². The number of benzene rings is 1. The van der Waals surface area contributed by atoms with Gasteiger partial charge in [-0.25, -0.2) is 0 Å². The van der Waals surface area contributed by atoms with Gasteiger partial charge in [0.25, 0.3) is 0 Å². The minimum absolute atomic E-state index is 0.0821. The molecule has 17 heavy (non-hydrogen) atoms. The number of hydrogen-bond donors (Lipinski definition) is 1. The number of carbonyl (C=O) groups excluding carboxylic acids is 1. The minimum atomic E-state index is -0.373. The Morgan fingerprint density at radius 2 is 2.06 bits per heavy atom. The van der Waals surface area contributed by atoms with Gasteiger partial charge in [0.1, 0.15) is 12.1 Å². The fourth-order valence-electron chi connectivity index (χ4n) is 2.81. The molecule has 2 saturated carbocycles. The molecular formula is C14H17NO2. The van der Waals surface area contributed by atoms with Gasteiger partial charge in [-0.1, -0.05) is 30.3 Å². The smallest absolute Gasteiger partial charge is 0.327 e. The zero-order valence-corrected chi connectivity index (χ0v) is 10.0. The van der Waals surface area contributed by atoms with Crippen molar-refractivity contribution in [2.45, 2.75) is 31.4 Å². The Morgan fingerprint density at radius 1 is 1.35 bits per heavy atom. The number of carbonyl (C=O) groups is 1. The third-order valence-corrected chi connectivity index (χ3v) is 4.23. The van der Waals surface area contributed by atoms with Gasteiger partial charge in [0.2, 0.25) is 0 Å². The maximum Gasteiger partial charge on any atom is 0.327 e. The molecule has 1 spiro atoms. The lowest BCUT2D eigenvalue weighted by molar-refractivity contribution is -0.149. The lowest BCUT2D eigenvalue weighted by Gasteiger charge is -2.15. The molecule has 1 atom stereocenters. The van der Waals surface area contributed by atoms with Crippen LogP contribution >= 0.6 is 0 Å². The molecule has 0 saturated heterocycles. The first-order valence-electron chi connectivity index (χ1n) is 6.13. The van der Waals surface area contributed by atoms with E-state index in [1.165, 1.54) is 0 Å². The van der Waals surface area contributed by atoms with Gasteiger partial charge in [-0.2, -0.15) is 0 Å². The maximum atomic E-state index is 12.1. The predicted octanol–water partition coefficient (Wildman–Crippen LogP) is 1.87. The Hall–Kier alpha value is -1.35. The Balaban J connectivity index is 1.61. The highest BCUT2D eigenvalue weighted by molar-refractivity contribution is 5.87. The summed E-state index contributed by atoms with van der Waals surface area (Å²) in [6, 6.07) is 9.81. The van der Waals surface area contributed by atoms with Crippen molar-refractivity contribution in [1.29, 1.82) is 0 Å². The molecule has 2 aliphatic rings. The van der Waals surface area contributed by atoms with Crippen molar-refractivity contribution in [1.82, 2.24) is 5.32 Å². The van der Waals surface area contributed by atoms with Crippen LogP contribution in [0.5, 0.6) is 0 Å². The summed E-state index contributed by atoms with van der Waals surface area (Å²) >= 11 is 0. The van der Waals surface area contributed by atoms with Crippen molar-refractivity contribution in [2.24, 2.45) is 5.41 Å². The van der Waals surface area contributed by atoms with Crippen LogP contribution in [0.3, 0.4) is 0 Å². The molecule has 0 amide bonds. The first-order chi connectivity index (χ1) is 8.22. The standard InChI is InChI=1S/C14H17NO2/c1-15-14(10-13(14)7-8-13)12(16)17-9-11-5-3-2-4-6-11/h2-6,15H,7-10H2,1H3. The fraction of sp³-hybridized carbons (Fsp3) is 0.500. The summed E-state index contributed by atoms with van der Waals surface area (Å²) in [5, 5.41) is 3.17. The number of likely N-dealkylation sites (N-methyl/N-ethyl adjacent to an activating group) is 1. The van der Waals surface area contributed by atoms with Crippen LogP contribution in [0.1, 0.15) is 24.8 Å². The largest absolute Gasteiger partial charge is 0.459 e. The summed E-state index contributed by atoms with van der Waals surface area (Å²) in [6.07, 6.45) is 3.27. The summed E-state index contributed by atoms with van der Waals surface area (Å²) in [5.41, 5.74) is 0.912. The molecule has 2 aliphatic carbocycles. The van der Waals surface area contributed by atoms with Gasteiger partial charge in [-0.15, -0.1) is 0 Å². The van der Waals surface area contributed by atoms with Crippen molar-refractivity contribution in [3.05, 3.63) is 35.9 Å². The van der Waals surface area contributed by atoms with Crippen LogP contribution in [0.4, 0.5) is 0 Å². The molecule has 0 aromatic heterocycles. The second-order valence-electron chi connectivity index (χ2n) is 5.17. The van der Waals surface area contributed by atoms with Gasteiger partial charge >= 0.3 is 5.97 Å². The number of esters is 1. The summed E-state index contributed by atoms with van der Waals surface area (Å²) in [7, 11) is 1.86. The molecule has 1 aromatic rings. The first-order valence-corrected chi connectivity index (χ1v) is 6.13. The quantitative estimate of drug-likeness (QED) is 0.804. The Labute approximate surface area is 101 Å². The normalized spacial score (nSPS) is 27.8. The summed E-state index contributed by atoms with van der Waals surface area (Å²) in [4.78, 5) is 12.1. The zero-order valence-electron chi connectivity index (χ0n) is 10.0. The number of nitrogens with one attached hydrogen (secondary N) is 1. The molecule has 0 heterocycles. The second-order valence-corrected chi connectivity index (χ2v) is 5.17. The van der Waals surface area contributed by atoms with E-state index in [4.69, 9.17) is 4.74 Å². The van der Waals surface area contributed by atoms with Gasteiger partial charge in [-0.05, 0) is 31.9 Å². The highest BCUT2D eigenvalue weighted by atomic mass is 16.5. The summed E-state index contributed by atoms with van der Waals surface area (Å²) in [6.45, 7) is 0.374. The molecule has 3 heteroatoms. The third kappa shape index (κ3) is 1.57. The van der Waals surface area contributed by atoms with Crippen LogP contribution < -0.4 is 5.32 Å². The second kappa shape index (κ2) is 3.57. The topological polar surface area (TPSA) is 38.3 Å². The van der Waals surface area contributed by atoms with Gasteiger partial charge in [-0.3, -0.25) is 4.79 Å². The zero-order chi connectivity index (χ0) is 11.9. The van der Waals surface area contributed by atoms with Crippen LogP contribution in [0.25, 0.3) is 0 Å². The van der Waals surface area contributed by atoms with E-state index in [-0.39, 0.29) is 16.9 Å². The van der Waals surface area contributed by atoms with Gasteiger partial charge in [0.15, 0.2) is 0 Å². The Kier molecular flexibility index (Phi) is 2.26.